The second-order valence-electron chi connectivity index (χ2n) is 8.65. The molecule has 3 aliphatic rings. The lowest BCUT2D eigenvalue weighted by Gasteiger charge is -2.39. The van der Waals surface area contributed by atoms with Crippen molar-refractivity contribution in [3.63, 3.8) is 0 Å². The van der Waals surface area contributed by atoms with Crippen LogP contribution in [0.3, 0.4) is 0 Å². The van der Waals surface area contributed by atoms with E-state index in [4.69, 9.17) is 0 Å². The molecule has 7 atom stereocenters. The summed E-state index contributed by atoms with van der Waals surface area (Å²) in [6.07, 6.45) is 0.802. The zero-order chi connectivity index (χ0) is 21.6. The minimum absolute atomic E-state index is 0.0323. The van der Waals surface area contributed by atoms with Gasteiger partial charge < -0.3 is 20.6 Å². The molecule has 3 saturated heterocycles. The standard InChI is InChI=1S/C22H29N3O4S/c1-12-9-15-16(19(27)23-3)17-21(29)25(13(2)11-26)18(22(12,17)30-15)20(28)24-10-14-7-5-4-6-8-14/h4-8,12-13,15-18,26H,9-11H2,1-3H3,(H,23,27)(H,24,28)/t12?,13-,15+,16-,17+,18?,22?/m1/s1. The number of nitrogens with zero attached hydrogens (tertiary/aromatic N) is 1. The van der Waals surface area contributed by atoms with Crippen LogP contribution in [0.15, 0.2) is 30.3 Å². The number of hydrogen-bond donors (Lipinski definition) is 3. The minimum Gasteiger partial charge on any atom is -0.394 e. The number of benzene rings is 1. The van der Waals surface area contributed by atoms with Crippen LogP contribution in [-0.4, -0.2) is 63.5 Å². The summed E-state index contributed by atoms with van der Waals surface area (Å²) in [5.74, 6) is -1.41. The van der Waals surface area contributed by atoms with Gasteiger partial charge in [-0.1, -0.05) is 37.3 Å². The highest BCUT2D eigenvalue weighted by Crippen LogP contribution is 2.68. The van der Waals surface area contributed by atoms with E-state index < -0.39 is 28.7 Å². The lowest BCUT2D eigenvalue weighted by atomic mass is 9.66. The van der Waals surface area contributed by atoms with Crippen molar-refractivity contribution in [3.05, 3.63) is 35.9 Å². The van der Waals surface area contributed by atoms with E-state index in [-0.39, 0.29) is 35.5 Å². The molecule has 3 fully saturated rings. The van der Waals surface area contributed by atoms with Gasteiger partial charge in [-0.15, -0.1) is 11.8 Å². The number of amides is 3. The number of aliphatic hydroxyl groups excluding tert-OH is 1. The first-order chi connectivity index (χ1) is 14.4. The molecule has 1 spiro atoms. The Morgan fingerprint density at radius 2 is 2.00 bits per heavy atom. The van der Waals surface area contributed by atoms with E-state index in [2.05, 4.69) is 17.6 Å². The van der Waals surface area contributed by atoms with Gasteiger partial charge in [0, 0.05) is 18.8 Å². The van der Waals surface area contributed by atoms with Crippen LogP contribution in [0.25, 0.3) is 0 Å². The largest absolute Gasteiger partial charge is 0.394 e. The number of hydrogen-bond acceptors (Lipinski definition) is 5. The Labute approximate surface area is 181 Å². The molecule has 0 aromatic heterocycles. The molecule has 4 rings (SSSR count). The molecule has 30 heavy (non-hydrogen) atoms. The van der Waals surface area contributed by atoms with Gasteiger partial charge in [0.15, 0.2) is 0 Å². The van der Waals surface area contributed by atoms with E-state index in [1.165, 1.54) is 0 Å². The summed E-state index contributed by atoms with van der Waals surface area (Å²) < 4.78 is -0.650. The van der Waals surface area contributed by atoms with Crippen molar-refractivity contribution >= 4 is 29.5 Å². The summed E-state index contributed by atoms with van der Waals surface area (Å²) in [6, 6.07) is 8.43. The first-order valence-electron chi connectivity index (χ1n) is 10.5. The number of carbonyl (C=O) groups excluding carboxylic acids is 3. The van der Waals surface area contributed by atoms with E-state index in [0.717, 1.165) is 12.0 Å². The van der Waals surface area contributed by atoms with Crippen LogP contribution in [-0.2, 0) is 20.9 Å². The lowest BCUT2D eigenvalue weighted by Crippen LogP contribution is -2.58. The van der Waals surface area contributed by atoms with Crippen LogP contribution in [0.5, 0.6) is 0 Å². The Bertz CT molecular complexity index is 850. The van der Waals surface area contributed by atoms with Crippen molar-refractivity contribution < 1.29 is 19.5 Å². The maximum Gasteiger partial charge on any atom is 0.244 e. The number of nitrogens with one attached hydrogen (secondary N) is 2. The molecule has 7 nitrogen and oxygen atoms in total. The number of aliphatic hydroxyl groups is 1. The zero-order valence-electron chi connectivity index (χ0n) is 17.5. The maximum atomic E-state index is 13.6. The van der Waals surface area contributed by atoms with Gasteiger partial charge in [-0.3, -0.25) is 14.4 Å². The number of thioether (sulfide) groups is 1. The second-order valence-corrected chi connectivity index (χ2v) is 10.2. The van der Waals surface area contributed by atoms with Crippen molar-refractivity contribution in [2.75, 3.05) is 13.7 Å². The first-order valence-corrected chi connectivity index (χ1v) is 11.4. The van der Waals surface area contributed by atoms with Crippen LogP contribution in [0.2, 0.25) is 0 Å². The molecule has 1 aromatic carbocycles. The van der Waals surface area contributed by atoms with Crippen molar-refractivity contribution in [1.82, 2.24) is 15.5 Å². The molecule has 162 valence electrons. The third-order valence-electron chi connectivity index (χ3n) is 7.03. The van der Waals surface area contributed by atoms with Gasteiger partial charge in [0.25, 0.3) is 0 Å². The smallest absolute Gasteiger partial charge is 0.244 e. The van der Waals surface area contributed by atoms with E-state index in [0.29, 0.717) is 6.54 Å². The van der Waals surface area contributed by atoms with E-state index in [9.17, 15) is 19.5 Å². The van der Waals surface area contributed by atoms with Crippen LogP contribution in [0, 0.1) is 17.8 Å². The molecule has 0 aliphatic carbocycles. The lowest BCUT2D eigenvalue weighted by molar-refractivity contribution is -0.142. The third-order valence-corrected chi connectivity index (χ3v) is 9.11. The van der Waals surface area contributed by atoms with Gasteiger partial charge in [-0.05, 0) is 24.8 Å². The fourth-order valence-electron chi connectivity index (χ4n) is 5.67. The third kappa shape index (κ3) is 2.95. The average molecular weight is 432 g/mol. The van der Waals surface area contributed by atoms with Crippen molar-refractivity contribution in [2.45, 2.75) is 48.9 Å². The summed E-state index contributed by atoms with van der Waals surface area (Å²) in [5.41, 5.74) is 0.977. The van der Waals surface area contributed by atoms with Crippen LogP contribution in [0.4, 0.5) is 0 Å². The molecular weight excluding hydrogens is 402 g/mol. The molecule has 8 heteroatoms. The number of fused-ring (bicyclic) bond motifs is 1. The summed E-state index contributed by atoms with van der Waals surface area (Å²) in [7, 11) is 1.59. The highest BCUT2D eigenvalue weighted by Gasteiger charge is 2.76. The molecule has 2 bridgehead atoms. The fraction of sp³-hybridized carbons (Fsp3) is 0.591. The Morgan fingerprint density at radius 3 is 2.63 bits per heavy atom. The molecule has 3 aliphatic heterocycles. The fourth-order valence-corrected chi connectivity index (χ4v) is 8.08. The molecule has 3 N–H and O–H groups in total. The number of rotatable bonds is 6. The predicted octanol–water partition coefficient (Wildman–Crippen LogP) is 0.767. The highest BCUT2D eigenvalue weighted by molar-refractivity contribution is 8.02. The Morgan fingerprint density at radius 1 is 1.30 bits per heavy atom. The van der Waals surface area contributed by atoms with Crippen LogP contribution < -0.4 is 10.6 Å². The summed E-state index contributed by atoms with van der Waals surface area (Å²) in [4.78, 5) is 41.3. The van der Waals surface area contributed by atoms with Gasteiger partial charge in [0.2, 0.25) is 17.7 Å². The second kappa shape index (κ2) is 7.89. The van der Waals surface area contributed by atoms with E-state index in [1.807, 2.05) is 30.3 Å². The van der Waals surface area contributed by atoms with Crippen molar-refractivity contribution in [2.24, 2.45) is 17.8 Å². The number of carbonyl (C=O) groups is 3. The molecular formula is C22H29N3O4S. The van der Waals surface area contributed by atoms with Crippen LogP contribution in [0.1, 0.15) is 25.8 Å². The monoisotopic (exact) mass is 431 g/mol. The van der Waals surface area contributed by atoms with Gasteiger partial charge in [-0.2, -0.15) is 0 Å². The number of likely N-dealkylation sites (tertiary alicyclic amines) is 1. The molecule has 1 aromatic rings. The van der Waals surface area contributed by atoms with E-state index >= 15 is 0 Å². The maximum absolute atomic E-state index is 13.6. The summed E-state index contributed by atoms with van der Waals surface area (Å²) in [5, 5.41) is 15.6. The normalized spacial score (nSPS) is 35.3. The SMILES string of the molecule is CNC(=O)[C@@H]1[C@@H]2CC(C)C3(S2)C(C(=O)NCc2ccccc2)N([C@H](C)CO)C(=O)[C@H]13. The predicted molar refractivity (Wildman–Crippen MR) is 114 cm³/mol. The molecule has 3 heterocycles. The average Bonchev–Trinajstić information content (AvgIpc) is 3.35. The Hall–Kier alpha value is -2.06. The molecule has 3 amide bonds. The van der Waals surface area contributed by atoms with Crippen molar-refractivity contribution in [1.29, 1.82) is 0 Å². The molecule has 3 unspecified atom stereocenters. The van der Waals surface area contributed by atoms with E-state index in [1.54, 1.807) is 30.6 Å². The Kier molecular flexibility index (Phi) is 5.57. The summed E-state index contributed by atoms with van der Waals surface area (Å²) in [6.45, 7) is 3.97. The van der Waals surface area contributed by atoms with Crippen LogP contribution >= 0.6 is 11.8 Å². The van der Waals surface area contributed by atoms with Gasteiger partial charge in [0.1, 0.15) is 6.04 Å². The zero-order valence-corrected chi connectivity index (χ0v) is 18.3. The first kappa shape index (κ1) is 21.2. The highest BCUT2D eigenvalue weighted by atomic mass is 32.2. The Balaban J connectivity index is 1.70. The van der Waals surface area contributed by atoms with Gasteiger partial charge in [0.05, 0.1) is 29.2 Å². The topological polar surface area (TPSA) is 98.7 Å². The molecule has 0 radical (unpaired) electrons. The van der Waals surface area contributed by atoms with Gasteiger partial charge in [-0.25, -0.2) is 0 Å². The van der Waals surface area contributed by atoms with Gasteiger partial charge >= 0.3 is 0 Å². The summed E-state index contributed by atoms with van der Waals surface area (Å²) >= 11 is 1.64. The minimum atomic E-state index is -0.708. The quantitative estimate of drug-likeness (QED) is 0.618. The van der Waals surface area contributed by atoms with Crippen molar-refractivity contribution in [3.8, 4) is 0 Å². The molecule has 0 saturated carbocycles.